The lowest BCUT2D eigenvalue weighted by molar-refractivity contribution is 0.103. The van der Waals surface area contributed by atoms with Crippen LogP contribution in [-0.4, -0.2) is 15.8 Å². The van der Waals surface area contributed by atoms with Gasteiger partial charge in [-0.2, -0.15) is 0 Å². The number of fused-ring (bicyclic) bond motifs is 1. The summed E-state index contributed by atoms with van der Waals surface area (Å²) in [6.07, 6.45) is 3.17. The molecular formula is C20H13BrFN3O2. The number of nitrogen functional groups attached to an aromatic ring is 1. The first-order chi connectivity index (χ1) is 13.0. The highest BCUT2D eigenvalue weighted by molar-refractivity contribution is 9.10. The third-order valence-electron chi connectivity index (χ3n) is 4.10. The molecule has 5 nitrogen and oxygen atoms in total. The molecule has 2 aromatic heterocycles. The molecule has 0 atom stereocenters. The van der Waals surface area contributed by atoms with Crippen LogP contribution in [0, 0.1) is 5.82 Å². The number of nitrogens with two attached hydrogens (primary N) is 1. The van der Waals surface area contributed by atoms with E-state index in [2.05, 4.69) is 25.9 Å². The fourth-order valence-electron chi connectivity index (χ4n) is 2.80. The van der Waals surface area contributed by atoms with Gasteiger partial charge >= 0.3 is 0 Å². The molecule has 4 rings (SSSR count). The molecule has 7 heteroatoms. The van der Waals surface area contributed by atoms with Crippen molar-refractivity contribution in [2.75, 3.05) is 5.73 Å². The molecule has 134 valence electrons. The fraction of sp³-hybridized carbons (Fsp3) is 0. The van der Waals surface area contributed by atoms with Crippen LogP contribution >= 0.6 is 15.9 Å². The van der Waals surface area contributed by atoms with E-state index in [9.17, 15) is 9.18 Å². The van der Waals surface area contributed by atoms with E-state index in [0.29, 0.717) is 38.1 Å². The summed E-state index contributed by atoms with van der Waals surface area (Å²) in [6, 6.07) is 12.6. The standard InChI is InChI=1S/C20H13BrFN3O2/c21-14-9-11(27-17-4-2-1-3-15(17)22)5-6-12(14)19(26)13-10-25-20-18(13)16(23)7-8-24-20/h1-10H,(H3,23,24,25). The molecule has 0 saturated carbocycles. The SMILES string of the molecule is Nc1ccnc2[nH]cc(C(=O)c3ccc(Oc4ccccc4F)cc3Br)c12. The molecule has 0 aliphatic rings. The van der Waals surface area contributed by atoms with Crippen molar-refractivity contribution in [3.8, 4) is 11.5 Å². The van der Waals surface area contributed by atoms with E-state index in [1.165, 1.54) is 12.1 Å². The third-order valence-corrected chi connectivity index (χ3v) is 4.76. The number of aromatic nitrogens is 2. The molecule has 0 radical (unpaired) electrons. The van der Waals surface area contributed by atoms with Gasteiger partial charge in [-0.1, -0.05) is 12.1 Å². The van der Waals surface area contributed by atoms with Crippen molar-refractivity contribution in [2.45, 2.75) is 0 Å². The number of hydrogen-bond donors (Lipinski definition) is 2. The zero-order valence-electron chi connectivity index (χ0n) is 13.9. The number of pyridine rings is 1. The Bertz CT molecular complexity index is 1170. The van der Waals surface area contributed by atoms with Crippen molar-refractivity contribution in [3.05, 3.63) is 82.3 Å². The van der Waals surface area contributed by atoms with Gasteiger partial charge in [0.2, 0.25) is 0 Å². The first kappa shape index (κ1) is 17.2. The second kappa shape index (κ2) is 6.85. The van der Waals surface area contributed by atoms with Gasteiger partial charge in [0.25, 0.3) is 0 Å². The molecule has 0 saturated heterocycles. The minimum absolute atomic E-state index is 0.110. The number of benzene rings is 2. The fourth-order valence-corrected chi connectivity index (χ4v) is 3.34. The van der Waals surface area contributed by atoms with Crippen LogP contribution in [0.4, 0.5) is 10.1 Å². The van der Waals surface area contributed by atoms with E-state index in [1.807, 2.05) is 0 Å². The zero-order chi connectivity index (χ0) is 19.0. The molecule has 4 aromatic rings. The van der Waals surface area contributed by atoms with E-state index < -0.39 is 5.82 Å². The first-order valence-electron chi connectivity index (χ1n) is 8.03. The van der Waals surface area contributed by atoms with Crippen LogP contribution in [0.1, 0.15) is 15.9 Å². The van der Waals surface area contributed by atoms with Gasteiger partial charge in [0.05, 0.1) is 10.9 Å². The molecule has 0 unspecified atom stereocenters. The number of anilines is 1. The highest BCUT2D eigenvalue weighted by Gasteiger charge is 2.19. The third kappa shape index (κ3) is 3.17. The Balaban J connectivity index is 1.68. The lowest BCUT2D eigenvalue weighted by Gasteiger charge is -2.09. The number of rotatable bonds is 4. The van der Waals surface area contributed by atoms with Crippen LogP contribution in [0.5, 0.6) is 11.5 Å². The lowest BCUT2D eigenvalue weighted by atomic mass is 10.0. The van der Waals surface area contributed by atoms with Crippen LogP contribution in [0.2, 0.25) is 0 Å². The number of para-hydroxylation sites is 1. The van der Waals surface area contributed by atoms with E-state index >= 15 is 0 Å². The molecule has 0 fully saturated rings. The molecule has 0 bridgehead atoms. The molecule has 3 N–H and O–H groups in total. The number of ether oxygens (including phenoxy) is 1. The van der Waals surface area contributed by atoms with Crippen molar-refractivity contribution < 1.29 is 13.9 Å². The van der Waals surface area contributed by atoms with Crippen LogP contribution in [-0.2, 0) is 0 Å². The van der Waals surface area contributed by atoms with E-state index in [1.54, 1.807) is 48.8 Å². The topological polar surface area (TPSA) is 81.0 Å². The summed E-state index contributed by atoms with van der Waals surface area (Å²) in [5.74, 6) is -0.164. The Hall–Kier alpha value is -3.19. The molecular weight excluding hydrogens is 413 g/mol. The molecule has 0 aliphatic heterocycles. The van der Waals surface area contributed by atoms with Gasteiger partial charge in [-0.3, -0.25) is 4.79 Å². The summed E-state index contributed by atoms with van der Waals surface area (Å²) in [7, 11) is 0. The van der Waals surface area contributed by atoms with Crippen molar-refractivity contribution in [3.63, 3.8) is 0 Å². The smallest absolute Gasteiger partial charge is 0.196 e. The quantitative estimate of drug-likeness (QED) is 0.447. The van der Waals surface area contributed by atoms with Crippen LogP contribution < -0.4 is 10.5 Å². The maximum Gasteiger partial charge on any atom is 0.196 e. The monoisotopic (exact) mass is 425 g/mol. The maximum absolute atomic E-state index is 13.7. The first-order valence-corrected chi connectivity index (χ1v) is 8.82. The van der Waals surface area contributed by atoms with Crippen molar-refractivity contribution in [1.29, 1.82) is 0 Å². The number of nitrogens with one attached hydrogen (secondary N) is 1. The normalized spacial score (nSPS) is 10.9. The van der Waals surface area contributed by atoms with Crippen LogP contribution in [0.3, 0.4) is 0 Å². The number of carbonyl (C=O) groups excluding carboxylic acids is 1. The van der Waals surface area contributed by atoms with E-state index in [0.717, 1.165) is 0 Å². The number of halogens is 2. The van der Waals surface area contributed by atoms with Gasteiger partial charge in [-0.15, -0.1) is 0 Å². The predicted octanol–water partition coefficient (Wildman–Crippen LogP) is 5.07. The van der Waals surface area contributed by atoms with Gasteiger partial charge in [0.15, 0.2) is 17.3 Å². The summed E-state index contributed by atoms with van der Waals surface area (Å²) in [5, 5.41) is 0.584. The molecule has 0 spiro atoms. The van der Waals surface area contributed by atoms with E-state index in [-0.39, 0.29) is 11.5 Å². The van der Waals surface area contributed by atoms with Crippen molar-refractivity contribution in [1.82, 2.24) is 9.97 Å². The van der Waals surface area contributed by atoms with Gasteiger partial charge in [-0.05, 0) is 52.3 Å². The minimum Gasteiger partial charge on any atom is -0.454 e. The lowest BCUT2D eigenvalue weighted by Crippen LogP contribution is -2.03. The number of nitrogens with zero attached hydrogens (tertiary/aromatic N) is 1. The molecule has 0 aliphatic carbocycles. The molecule has 2 heterocycles. The van der Waals surface area contributed by atoms with Gasteiger partial charge in [0, 0.05) is 28.1 Å². The summed E-state index contributed by atoms with van der Waals surface area (Å²) in [4.78, 5) is 20.1. The second-order valence-electron chi connectivity index (χ2n) is 5.83. The Morgan fingerprint density at radius 2 is 1.96 bits per heavy atom. The number of hydrogen-bond acceptors (Lipinski definition) is 4. The van der Waals surface area contributed by atoms with E-state index in [4.69, 9.17) is 10.5 Å². The average Bonchev–Trinajstić information content (AvgIpc) is 3.09. The Kier molecular flexibility index (Phi) is 4.37. The van der Waals surface area contributed by atoms with Gasteiger partial charge < -0.3 is 15.5 Å². The number of carbonyl (C=O) groups is 1. The summed E-state index contributed by atoms with van der Waals surface area (Å²) < 4.78 is 19.8. The second-order valence-corrected chi connectivity index (χ2v) is 6.68. The van der Waals surface area contributed by atoms with Crippen LogP contribution in [0.15, 0.2) is 65.4 Å². The Morgan fingerprint density at radius 3 is 2.74 bits per heavy atom. The summed E-state index contributed by atoms with van der Waals surface area (Å²) in [5.41, 5.74) is 7.88. The molecule has 27 heavy (non-hydrogen) atoms. The number of H-pyrrole nitrogens is 1. The summed E-state index contributed by atoms with van der Waals surface area (Å²) >= 11 is 3.40. The number of ketones is 1. The van der Waals surface area contributed by atoms with Gasteiger partial charge in [0.1, 0.15) is 11.4 Å². The maximum atomic E-state index is 13.7. The van der Waals surface area contributed by atoms with Crippen LogP contribution in [0.25, 0.3) is 11.0 Å². The Labute approximate surface area is 162 Å². The Morgan fingerprint density at radius 1 is 1.15 bits per heavy atom. The van der Waals surface area contributed by atoms with Crippen molar-refractivity contribution in [2.24, 2.45) is 0 Å². The summed E-state index contributed by atoms with van der Waals surface area (Å²) in [6.45, 7) is 0. The van der Waals surface area contributed by atoms with Crippen molar-refractivity contribution >= 4 is 38.4 Å². The predicted molar refractivity (Wildman–Crippen MR) is 105 cm³/mol. The number of aromatic amines is 1. The molecule has 0 amide bonds. The largest absolute Gasteiger partial charge is 0.454 e. The highest BCUT2D eigenvalue weighted by Crippen LogP contribution is 2.31. The minimum atomic E-state index is -0.462. The average molecular weight is 426 g/mol. The van der Waals surface area contributed by atoms with Gasteiger partial charge in [-0.25, -0.2) is 9.37 Å². The zero-order valence-corrected chi connectivity index (χ0v) is 15.5. The highest BCUT2D eigenvalue weighted by atomic mass is 79.9. The molecule has 2 aromatic carbocycles.